The number of likely N-dealkylation sites (N-methyl/N-ethyl adjacent to an activating group) is 1. The molecule has 17 heavy (non-hydrogen) atoms. The molecule has 0 saturated carbocycles. The highest BCUT2D eigenvalue weighted by atomic mass is 79.9. The van der Waals surface area contributed by atoms with Gasteiger partial charge in [-0.25, -0.2) is 0 Å². The van der Waals surface area contributed by atoms with E-state index in [1.165, 1.54) is 0 Å². The van der Waals surface area contributed by atoms with Crippen molar-refractivity contribution in [2.24, 2.45) is 0 Å². The number of aliphatic hydroxyl groups excluding tert-OH is 1. The van der Waals surface area contributed by atoms with Crippen LogP contribution in [0.4, 0.5) is 0 Å². The van der Waals surface area contributed by atoms with Crippen LogP contribution in [0.2, 0.25) is 0 Å². The second-order valence-corrected chi connectivity index (χ2v) is 5.75. The highest BCUT2D eigenvalue weighted by Gasteiger charge is 2.33. The fraction of sp³-hybridized carbons (Fsp3) is 0.615. The highest BCUT2D eigenvalue weighted by Crippen LogP contribution is 2.24. The topological polar surface area (TPSA) is 36.4 Å². The maximum absolute atomic E-state index is 10.4. The molecule has 0 aliphatic carbocycles. The zero-order valence-corrected chi connectivity index (χ0v) is 12.5. The molecule has 3 nitrogen and oxygen atoms in total. The van der Waals surface area contributed by atoms with Gasteiger partial charge in [0.25, 0.3) is 0 Å². The average Bonchev–Trinajstić information content (AvgIpc) is 2.27. The smallest absolute Gasteiger partial charge is 0.0761 e. The lowest BCUT2D eigenvalue weighted by Crippen LogP contribution is -2.51. The molecule has 0 amide bonds. The molecule has 0 bridgehead atoms. The van der Waals surface area contributed by atoms with E-state index >= 15 is 0 Å². The van der Waals surface area contributed by atoms with Crippen LogP contribution in [0.1, 0.15) is 25.8 Å². The van der Waals surface area contributed by atoms with E-state index in [-0.39, 0.29) is 5.54 Å². The Labute approximate surface area is 112 Å². The summed E-state index contributed by atoms with van der Waals surface area (Å²) in [6.45, 7) is 4.19. The van der Waals surface area contributed by atoms with Crippen molar-refractivity contribution < 1.29 is 5.11 Å². The molecule has 1 aromatic heterocycles. The SMILES string of the molecule is CCC(C)(C(O)Cc1cncc(Br)c1)N(C)C. The van der Waals surface area contributed by atoms with Crippen LogP contribution in [0.3, 0.4) is 0 Å². The average molecular weight is 301 g/mol. The van der Waals surface area contributed by atoms with Crippen LogP contribution in [-0.4, -0.2) is 40.7 Å². The van der Waals surface area contributed by atoms with Gasteiger partial charge < -0.3 is 10.0 Å². The lowest BCUT2D eigenvalue weighted by molar-refractivity contribution is 0.00296. The predicted molar refractivity (Wildman–Crippen MR) is 74.0 cm³/mol. The molecule has 1 aromatic rings. The van der Waals surface area contributed by atoms with Crippen molar-refractivity contribution in [3.63, 3.8) is 0 Å². The molecule has 96 valence electrons. The van der Waals surface area contributed by atoms with Crippen LogP contribution in [0.25, 0.3) is 0 Å². The monoisotopic (exact) mass is 300 g/mol. The van der Waals surface area contributed by atoms with Gasteiger partial charge in [0, 0.05) is 28.8 Å². The molecule has 0 aliphatic rings. The summed E-state index contributed by atoms with van der Waals surface area (Å²) in [5.74, 6) is 0. The molecule has 1 rings (SSSR count). The third-order valence-electron chi connectivity index (χ3n) is 3.65. The first kappa shape index (κ1) is 14.6. The molecule has 2 unspecified atom stereocenters. The maximum Gasteiger partial charge on any atom is 0.0761 e. The van der Waals surface area contributed by atoms with Gasteiger partial charge in [-0.15, -0.1) is 0 Å². The van der Waals surface area contributed by atoms with E-state index in [9.17, 15) is 5.11 Å². The van der Waals surface area contributed by atoms with Crippen LogP contribution < -0.4 is 0 Å². The van der Waals surface area contributed by atoms with Gasteiger partial charge in [-0.05, 0) is 55.0 Å². The van der Waals surface area contributed by atoms with Crippen molar-refractivity contribution in [2.45, 2.75) is 38.3 Å². The number of aromatic nitrogens is 1. The molecule has 0 spiro atoms. The summed E-state index contributed by atoms with van der Waals surface area (Å²) in [7, 11) is 4.01. The van der Waals surface area contributed by atoms with E-state index in [0.29, 0.717) is 6.42 Å². The number of pyridine rings is 1. The quantitative estimate of drug-likeness (QED) is 0.907. The summed E-state index contributed by atoms with van der Waals surface area (Å²) in [5, 5.41) is 10.4. The minimum atomic E-state index is -0.404. The zero-order valence-electron chi connectivity index (χ0n) is 10.9. The largest absolute Gasteiger partial charge is 0.391 e. The Morgan fingerprint density at radius 2 is 2.12 bits per heavy atom. The van der Waals surface area contributed by atoms with Crippen LogP contribution in [-0.2, 0) is 6.42 Å². The van der Waals surface area contributed by atoms with Crippen LogP contribution in [0.15, 0.2) is 22.9 Å². The third-order valence-corrected chi connectivity index (χ3v) is 4.08. The number of rotatable bonds is 5. The van der Waals surface area contributed by atoms with Crippen molar-refractivity contribution >= 4 is 15.9 Å². The van der Waals surface area contributed by atoms with Gasteiger partial charge in [0.1, 0.15) is 0 Å². The van der Waals surface area contributed by atoms with Crippen molar-refractivity contribution in [3.05, 3.63) is 28.5 Å². The molecule has 0 radical (unpaired) electrons. The summed E-state index contributed by atoms with van der Waals surface area (Å²) < 4.78 is 0.949. The van der Waals surface area contributed by atoms with Crippen molar-refractivity contribution in [1.29, 1.82) is 0 Å². The minimum absolute atomic E-state index is 0.206. The van der Waals surface area contributed by atoms with E-state index in [1.807, 2.05) is 20.2 Å². The molecule has 1 heterocycles. The number of nitrogens with zero attached hydrogens (tertiary/aromatic N) is 2. The van der Waals surface area contributed by atoms with Crippen molar-refractivity contribution in [2.75, 3.05) is 14.1 Å². The summed E-state index contributed by atoms with van der Waals surface area (Å²) in [5.41, 5.74) is 0.843. The Morgan fingerprint density at radius 1 is 1.47 bits per heavy atom. The van der Waals surface area contributed by atoms with Crippen molar-refractivity contribution in [3.8, 4) is 0 Å². The number of hydrogen-bond acceptors (Lipinski definition) is 3. The fourth-order valence-corrected chi connectivity index (χ4v) is 2.27. The molecular formula is C13H21BrN2O. The van der Waals surface area contributed by atoms with Gasteiger partial charge in [0.05, 0.1) is 6.10 Å². The molecule has 4 heteroatoms. The summed E-state index contributed by atoms with van der Waals surface area (Å²) >= 11 is 3.39. The third kappa shape index (κ3) is 3.50. The van der Waals surface area contributed by atoms with Gasteiger partial charge in [-0.1, -0.05) is 6.92 Å². The first-order chi connectivity index (χ1) is 7.90. The Hall–Kier alpha value is -0.450. The van der Waals surface area contributed by atoms with Gasteiger partial charge in [-0.3, -0.25) is 4.98 Å². The van der Waals surface area contributed by atoms with Crippen LogP contribution >= 0.6 is 15.9 Å². The fourth-order valence-electron chi connectivity index (χ4n) is 1.86. The second kappa shape index (κ2) is 5.94. The lowest BCUT2D eigenvalue weighted by Gasteiger charge is -2.40. The summed E-state index contributed by atoms with van der Waals surface area (Å²) in [4.78, 5) is 6.20. The lowest BCUT2D eigenvalue weighted by atomic mass is 9.87. The highest BCUT2D eigenvalue weighted by molar-refractivity contribution is 9.10. The van der Waals surface area contributed by atoms with E-state index in [4.69, 9.17) is 0 Å². The van der Waals surface area contributed by atoms with Gasteiger partial charge in [0.15, 0.2) is 0 Å². The van der Waals surface area contributed by atoms with E-state index in [1.54, 1.807) is 12.4 Å². The van der Waals surface area contributed by atoms with Gasteiger partial charge >= 0.3 is 0 Å². The molecule has 2 atom stereocenters. The standard InChI is InChI=1S/C13H21BrN2O/c1-5-13(2,16(3)4)12(17)7-10-6-11(14)9-15-8-10/h6,8-9,12,17H,5,7H2,1-4H3. The van der Waals surface area contributed by atoms with Gasteiger partial charge in [0.2, 0.25) is 0 Å². The molecule has 1 N–H and O–H groups in total. The van der Waals surface area contributed by atoms with E-state index < -0.39 is 6.10 Å². The van der Waals surface area contributed by atoms with E-state index in [0.717, 1.165) is 16.5 Å². The minimum Gasteiger partial charge on any atom is -0.391 e. The molecule has 0 saturated heterocycles. The Bertz CT molecular complexity index is 370. The maximum atomic E-state index is 10.4. The van der Waals surface area contributed by atoms with Crippen LogP contribution in [0, 0.1) is 0 Å². The molecule has 0 aromatic carbocycles. The first-order valence-corrected chi connectivity index (χ1v) is 6.64. The Kier molecular flexibility index (Phi) is 5.10. The number of halogens is 1. The first-order valence-electron chi connectivity index (χ1n) is 5.85. The Morgan fingerprint density at radius 3 is 2.59 bits per heavy atom. The molecule has 0 fully saturated rings. The number of hydrogen-bond donors (Lipinski definition) is 1. The summed E-state index contributed by atoms with van der Waals surface area (Å²) in [6, 6.07) is 2.00. The summed E-state index contributed by atoms with van der Waals surface area (Å²) in [6.07, 6.45) is 4.68. The molecule has 0 aliphatic heterocycles. The second-order valence-electron chi connectivity index (χ2n) is 4.84. The van der Waals surface area contributed by atoms with Gasteiger partial charge in [-0.2, -0.15) is 0 Å². The normalized spacial score (nSPS) is 16.9. The van der Waals surface area contributed by atoms with E-state index in [2.05, 4.69) is 39.7 Å². The van der Waals surface area contributed by atoms with Crippen molar-refractivity contribution in [1.82, 2.24) is 9.88 Å². The molecular weight excluding hydrogens is 280 g/mol. The predicted octanol–water partition coefficient (Wildman–Crippen LogP) is 2.48. The van der Waals surface area contributed by atoms with Crippen LogP contribution in [0.5, 0.6) is 0 Å². The number of aliphatic hydroxyl groups is 1. The zero-order chi connectivity index (χ0) is 13.1. The Balaban J connectivity index is 2.81.